The zero-order valence-corrected chi connectivity index (χ0v) is 17.3. The van der Waals surface area contributed by atoms with Crippen LogP contribution in [0.15, 0.2) is 4.99 Å². The minimum absolute atomic E-state index is 0.331. The van der Waals surface area contributed by atoms with Crippen LogP contribution in [0.3, 0.4) is 0 Å². The van der Waals surface area contributed by atoms with Crippen LogP contribution in [0, 0.1) is 63.6 Å². The Labute approximate surface area is 175 Å². The number of ether oxygens (including phenoxy) is 1. The third-order valence-electron chi connectivity index (χ3n) is 4.65. The second kappa shape index (κ2) is 8.20. The first-order valence-corrected chi connectivity index (χ1v) is 10.1. The summed E-state index contributed by atoms with van der Waals surface area (Å²) in [6.07, 6.45) is 0. The summed E-state index contributed by atoms with van der Waals surface area (Å²) in [7, 11) is -3.66. The Bertz CT molecular complexity index is 1020. The van der Waals surface area contributed by atoms with Crippen molar-refractivity contribution in [1.82, 2.24) is 0 Å². The van der Waals surface area contributed by atoms with Crippen LogP contribution in [0.25, 0.3) is 0 Å². The summed E-state index contributed by atoms with van der Waals surface area (Å²) in [5, 5.41) is -3.62. The van der Waals surface area contributed by atoms with Gasteiger partial charge in [-0.2, -0.15) is 0 Å². The highest BCUT2D eigenvalue weighted by Gasteiger charge is 2.43. The summed E-state index contributed by atoms with van der Waals surface area (Å²) in [5.41, 5.74) is -1.61. The van der Waals surface area contributed by atoms with Crippen LogP contribution in [-0.4, -0.2) is 18.3 Å². The number of nitrogens with zero attached hydrogens (tertiary/aromatic N) is 1. The third-order valence-corrected chi connectivity index (χ3v) is 6.95. The van der Waals surface area contributed by atoms with Gasteiger partial charge in [-0.15, -0.1) is 0 Å². The van der Waals surface area contributed by atoms with Gasteiger partial charge in [0.05, 0.1) is 24.6 Å². The van der Waals surface area contributed by atoms with Gasteiger partial charge in [-0.25, -0.2) is 48.9 Å². The molecule has 1 aliphatic heterocycles. The Morgan fingerprint density at radius 1 is 0.625 bits per heavy atom. The third kappa shape index (κ3) is 3.72. The van der Waals surface area contributed by atoms with Gasteiger partial charge in [0, 0.05) is 0 Å². The highest BCUT2D eigenvalue weighted by atomic mass is 31.1. The molecule has 2 aromatic carbocycles. The lowest BCUT2D eigenvalue weighted by atomic mass is 9.88. The van der Waals surface area contributed by atoms with E-state index in [4.69, 9.17) is 4.74 Å². The van der Waals surface area contributed by atoms with Gasteiger partial charge in [0.25, 0.3) is 0 Å². The zero-order valence-electron chi connectivity index (χ0n) is 16.4. The van der Waals surface area contributed by atoms with Gasteiger partial charge in [-0.3, -0.25) is 0 Å². The lowest BCUT2D eigenvalue weighted by Gasteiger charge is -2.22. The number of rotatable bonds is 3. The van der Waals surface area contributed by atoms with Crippen molar-refractivity contribution in [2.24, 2.45) is 10.4 Å². The molecule has 0 fully saturated rings. The molecule has 1 aliphatic rings. The molecule has 0 aliphatic carbocycles. The standard InChI is InChI=1S/C19H12F10NOP/c1-19(2,3)5-4-31-18(30-5)32(16-12(26)8(22)6(20)9(23)13(16)27)17-14(28)10(24)7(21)11(25)15(17)29/h5H,4H2,1-3H3/t5-/m1/s1. The predicted molar refractivity (Wildman–Crippen MR) is 95.3 cm³/mol. The molecule has 2 aromatic rings. The van der Waals surface area contributed by atoms with Gasteiger partial charge < -0.3 is 4.74 Å². The van der Waals surface area contributed by atoms with Crippen LogP contribution in [0.5, 0.6) is 0 Å². The van der Waals surface area contributed by atoms with E-state index >= 15 is 0 Å². The molecule has 0 amide bonds. The summed E-state index contributed by atoms with van der Waals surface area (Å²) in [5.74, 6) is -25.1. The van der Waals surface area contributed by atoms with Crippen LogP contribution in [-0.2, 0) is 4.74 Å². The second-order valence-electron chi connectivity index (χ2n) is 7.78. The first-order valence-electron chi connectivity index (χ1n) is 8.73. The highest BCUT2D eigenvalue weighted by molar-refractivity contribution is 7.87. The monoisotopic (exact) mass is 491 g/mol. The smallest absolute Gasteiger partial charge is 0.216 e. The van der Waals surface area contributed by atoms with Crippen molar-refractivity contribution in [3.05, 3.63) is 58.2 Å². The lowest BCUT2D eigenvalue weighted by Crippen LogP contribution is -2.31. The van der Waals surface area contributed by atoms with E-state index in [1.54, 1.807) is 20.8 Å². The van der Waals surface area contributed by atoms with Gasteiger partial charge >= 0.3 is 0 Å². The van der Waals surface area contributed by atoms with Gasteiger partial charge in [0.15, 0.2) is 46.5 Å². The fraction of sp³-hybridized carbons (Fsp3) is 0.316. The van der Waals surface area contributed by atoms with Crippen LogP contribution >= 0.6 is 7.92 Å². The van der Waals surface area contributed by atoms with Crippen molar-refractivity contribution >= 4 is 24.2 Å². The van der Waals surface area contributed by atoms with E-state index in [0.29, 0.717) is 0 Å². The Kier molecular flexibility index (Phi) is 6.23. The molecule has 0 unspecified atom stereocenters. The van der Waals surface area contributed by atoms with E-state index in [0.717, 1.165) is 0 Å². The average molecular weight is 491 g/mol. The van der Waals surface area contributed by atoms with Gasteiger partial charge in [0.2, 0.25) is 17.3 Å². The minimum Gasteiger partial charge on any atom is -0.475 e. The Hall–Kier alpha value is -2.36. The first kappa shape index (κ1) is 24.3. The van der Waals surface area contributed by atoms with Crippen LogP contribution in [0.1, 0.15) is 20.8 Å². The molecule has 2 nitrogen and oxygen atoms in total. The molecule has 0 radical (unpaired) electrons. The summed E-state index contributed by atoms with van der Waals surface area (Å²) in [6.45, 7) is 4.56. The van der Waals surface area contributed by atoms with Crippen LogP contribution in [0.4, 0.5) is 43.9 Å². The number of halogens is 10. The second-order valence-corrected chi connectivity index (χ2v) is 9.72. The van der Waals surface area contributed by atoms with Crippen molar-refractivity contribution in [2.75, 3.05) is 6.61 Å². The summed E-state index contributed by atoms with van der Waals surface area (Å²) >= 11 is 0. The molecule has 1 atom stereocenters. The minimum atomic E-state index is -3.66. The molecule has 32 heavy (non-hydrogen) atoms. The quantitative estimate of drug-likeness (QED) is 0.247. The van der Waals surface area contributed by atoms with Crippen LogP contribution in [0.2, 0.25) is 0 Å². The van der Waals surface area contributed by atoms with Gasteiger partial charge in [-0.1, -0.05) is 20.8 Å². The zero-order chi connectivity index (χ0) is 24.3. The number of aliphatic imine (C=N–C) groups is 1. The largest absolute Gasteiger partial charge is 0.475 e. The maximum atomic E-state index is 14.5. The topological polar surface area (TPSA) is 21.6 Å². The molecule has 3 rings (SSSR count). The van der Waals surface area contributed by atoms with Crippen LogP contribution < -0.4 is 10.6 Å². The first-order chi connectivity index (χ1) is 14.7. The predicted octanol–water partition coefficient (Wildman–Crippen LogP) is 5.31. The maximum Gasteiger partial charge on any atom is 0.216 e. The summed E-state index contributed by atoms with van der Waals surface area (Å²) in [6, 6.07) is -0.815. The summed E-state index contributed by atoms with van der Waals surface area (Å²) in [4.78, 5) is 3.92. The van der Waals surface area contributed by atoms with E-state index in [-0.39, 0.29) is 6.61 Å². The fourth-order valence-electron chi connectivity index (χ4n) is 2.81. The van der Waals surface area contributed by atoms with Crippen molar-refractivity contribution < 1.29 is 48.6 Å². The molecular formula is C19H12F10NOP. The molecule has 174 valence electrons. The van der Waals surface area contributed by atoms with Gasteiger partial charge in [-0.05, 0) is 5.41 Å². The number of benzene rings is 2. The lowest BCUT2D eigenvalue weighted by molar-refractivity contribution is 0.238. The van der Waals surface area contributed by atoms with E-state index in [9.17, 15) is 43.9 Å². The average Bonchev–Trinajstić information content (AvgIpc) is 3.23. The maximum absolute atomic E-state index is 14.5. The molecule has 0 N–H and O–H groups in total. The molecule has 0 saturated carbocycles. The number of hydrogen-bond acceptors (Lipinski definition) is 2. The highest BCUT2D eigenvalue weighted by Crippen LogP contribution is 2.45. The van der Waals surface area contributed by atoms with Crippen molar-refractivity contribution in [2.45, 2.75) is 26.8 Å². The molecule has 13 heteroatoms. The van der Waals surface area contributed by atoms with Crippen molar-refractivity contribution in [1.29, 1.82) is 0 Å². The fourth-order valence-corrected chi connectivity index (χ4v) is 5.05. The molecule has 0 bridgehead atoms. The number of hydrogen-bond donors (Lipinski definition) is 0. The van der Waals surface area contributed by atoms with E-state index in [1.165, 1.54) is 0 Å². The molecule has 0 aromatic heterocycles. The molecular weight excluding hydrogens is 479 g/mol. The van der Waals surface area contributed by atoms with Gasteiger partial charge in [0.1, 0.15) is 6.61 Å². The normalized spacial score (nSPS) is 16.6. The van der Waals surface area contributed by atoms with Crippen molar-refractivity contribution in [3.8, 4) is 0 Å². The van der Waals surface area contributed by atoms with E-state index in [2.05, 4.69) is 4.99 Å². The Morgan fingerprint density at radius 2 is 0.938 bits per heavy atom. The van der Waals surface area contributed by atoms with E-state index < -0.39 is 93.8 Å². The summed E-state index contributed by atoms with van der Waals surface area (Å²) < 4.78 is 146. The Balaban J connectivity index is 2.43. The molecule has 0 saturated heterocycles. The van der Waals surface area contributed by atoms with E-state index in [1.807, 2.05) is 0 Å². The molecule has 0 spiro atoms. The SMILES string of the molecule is CC(C)(C)[C@H]1COC(P(c2c(F)c(F)c(F)c(F)c2F)c2c(F)c(F)c(F)c(F)c2F)=N1. The van der Waals surface area contributed by atoms with Crippen molar-refractivity contribution in [3.63, 3.8) is 0 Å². The molecule has 1 heterocycles. The Morgan fingerprint density at radius 3 is 1.22 bits per heavy atom.